The first-order valence-corrected chi connectivity index (χ1v) is 5.36. The fourth-order valence-electron chi connectivity index (χ4n) is 1.85. The van der Waals surface area contributed by atoms with Crippen molar-refractivity contribution in [3.63, 3.8) is 0 Å². The molecule has 2 rings (SSSR count). The van der Waals surface area contributed by atoms with Gasteiger partial charge in [-0.2, -0.15) is 5.10 Å². The van der Waals surface area contributed by atoms with Crippen molar-refractivity contribution in [2.75, 3.05) is 6.54 Å². The minimum Gasteiger partial charge on any atom is -0.310 e. The molecule has 1 atom stereocenters. The maximum atomic E-state index is 4.41. The molecule has 0 aromatic carbocycles. The van der Waals surface area contributed by atoms with Crippen LogP contribution in [-0.4, -0.2) is 16.3 Å². The normalized spacial score (nSPS) is 22.9. The van der Waals surface area contributed by atoms with E-state index in [9.17, 15) is 0 Å². The number of nitrogens with zero attached hydrogens (tertiary/aromatic N) is 2. The summed E-state index contributed by atoms with van der Waals surface area (Å²) in [6, 6.07) is 0.533. The second-order valence-corrected chi connectivity index (χ2v) is 5.04. The molecule has 1 saturated heterocycles. The van der Waals surface area contributed by atoms with Gasteiger partial charge in [0.25, 0.3) is 0 Å². The van der Waals surface area contributed by atoms with Crippen molar-refractivity contribution in [2.24, 2.45) is 0 Å². The Balaban J connectivity index is 2.17. The monoisotopic (exact) mass is 193 g/mol. The van der Waals surface area contributed by atoms with Crippen LogP contribution in [-0.2, 0) is 5.54 Å². The Morgan fingerprint density at radius 2 is 2.29 bits per heavy atom. The highest BCUT2D eigenvalue weighted by atomic mass is 15.3. The lowest BCUT2D eigenvalue weighted by Crippen LogP contribution is -2.22. The molecule has 0 radical (unpaired) electrons. The molecule has 1 aromatic rings. The fraction of sp³-hybridized carbons (Fsp3) is 0.727. The van der Waals surface area contributed by atoms with Crippen molar-refractivity contribution >= 4 is 0 Å². The van der Waals surface area contributed by atoms with E-state index in [4.69, 9.17) is 0 Å². The first kappa shape index (κ1) is 9.71. The Hall–Kier alpha value is -0.830. The lowest BCUT2D eigenvalue weighted by Gasteiger charge is -2.19. The summed E-state index contributed by atoms with van der Waals surface area (Å²) in [6.07, 6.45) is 6.69. The van der Waals surface area contributed by atoms with Gasteiger partial charge in [0, 0.05) is 17.8 Å². The summed E-state index contributed by atoms with van der Waals surface area (Å²) in [5.74, 6) is 0. The lowest BCUT2D eigenvalue weighted by atomic mass is 10.1. The maximum absolute atomic E-state index is 4.41. The molecule has 1 N–H and O–H groups in total. The molecule has 0 unspecified atom stereocenters. The van der Waals surface area contributed by atoms with Crippen LogP contribution in [0.4, 0.5) is 0 Å². The van der Waals surface area contributed by atoms with Crippen LogP contribution in [0, 0.1) is 0 Å². The third-order valence-corrected chi connectivity index (χ3v) is 2.75. The van der Waals surface area contributed by atoms with Gasteiger partial charge in [0.15, 0.2) is 0 Å². The topological polar surface area (TPSA) is 29.9 Å². The highest BCUT2D eigenvalue weighted by Gasteiger charge is 2.20. The summed E-state index contributed by atoms with van der Waals surface area (Å²) in [6.45, 7) is 7.66. The standard InChI is InChI=1S/C11H19N3/c1-11(2,3)14-8-9(7-13-14)10-5-4-6-12-10/h7-8,10,12H,4-6H2,1-3H3/t10-/m1/s1. The Bertz CT molecular complexity index is 303. The number of nitrogens with one attached hydrogen (secondary N) is 1. The predicted molar refractivity (Wildman–Crippen MR) is 57.2 cm³/mol. The van der Waals surface area contributed by atoms with E-state index in [0.29, 0.717) is 6.04 Å². The molecular weight excluding hydrogens is 174 g/mol. The third kappa shape index (κ3) is 1.82. The number of hydrogen-bond donors (Lipinski definition) is 1. The molecule has 0 aliphatic carbocycles. The van der Waals surface area contributed by atoms with Gasteiger partial charge in [-0.1, -0.05) is 0 Å². The molecule has 3 nitrogen and oxygen atoms in total. The van der Waals surface area contributed by atoms with Crippen molar-refractivity contribution in [1.29, 1.82) is 0 Å². The first-order valence-electron chi connectivity index (χ1n) is 5.36. The minimum absolute atomic E-state index is 0.0941. The zero-order chi connectivity index (χ0) is 10.2. The Morgan fingerprint density at radius 3 is 2.79 bits per heavy atom. The quantitative estimate of drug-likeness (QED) is 0.740. The smallest absolute Gasteiger partial charge is 0.0543 e. The van der Waals surface area contributed by atoms with E-state index in [2.05, 4.69) is 37.4 Å². The van der Waals surface area contributed by atoms with Crippen LogP contribution < -0.4 is 5.32 Å². The van der Waals surface area contributed by atoms with Gasteiger partial charge in [-0.15, -0.1) is 0 Å². The zero-order valence-electron chi connectivity index (χ0n) is 9.25. The van der Waals surface area contributed by atoms with Crippen LogP contribution in [0.15, 0.2) is 12.4 Å². The number of hydrogen-bond acceptors (Lipinski definition) is 2. The molecule has 1 aromatic heterocycles. The fourth-order valence-corrected chi connectivity index (χ4v) is 1.85. The Morgan fingerprint density at radius 1 is 1.50 bits per heavy atom. The molecule has 14 heavy (non-hydrogen) atoms. The lowest BCUT2D eigenvalue weighted by molar-refractivity contribution is 0.355. The molecule has 1 fully saturated rings. The molecular formula is C11H19N3. The summed E-state index contributed by atoms with van der Waals surface area (Å²) < 4.78 is 2.04. The van der Waals surface area contributed by atoms with E-state index in [0.717, 1.165) is 6.54 Å². The second-order valence-electron chi connectivity index (χ2n) is 5.04. The Kier molecular flexibility index (Phi) is 2.35. The molecule has 78 valence electrons. The largest absolute Gasteiger partial charge is 0.310 e. The van der Waals surface area contributed by atoms with Crippen LogP contribution in [0.3, 0.4) is 0 Å². The van der Waals surface area contributed by atoms with Crippen molar-refractivity contribution in [3.8, 4) is 0 Å². The van der Waals surface area contributed by atoms with Gasteiger partial charge >= 0.3 is 0 Å². The average Bonchev–Trinajstić information content (AvgIpc) is 2.73. The van der Waals surface area contributed by atoms with Gasteiger partial charge in [0.1, 0.15) is 0 Å². The predicted octanol–water partition coefficient (Wildman–Crippen LogP) is 2.06. The maximum Gasteiger partial charge on any atom is 0.0543 e. The SMILES string of the molecule is CC(C)(C)n1cc([C@H]2CCCN2)cn1. The Labute approximate surface area is 85.5 Å². The van der Waals surface area contributed by atoms with Gasteiger partial charge in [0.2, 0.25) is 0 Å². The van der Waals surface area contributed by atoms with Crippen LogP contribution in [0.1, 0.15) is 45.2 Å². The summed E-state index contributed by atoms with van der Waals surface area (Å²) in [5, 5.41) is 7.89. The molecule has 0 amide bonds. The van der Waals surface area contributed by atoms with Crippen LogP contribution in [0.5, 0.6) is 0 Å². The summed E-state index contributed by atoms with van der Waals surface area (Å²) in [5.41, 5.74) is 1.43. The molecule has 0 bridgehead atoms. The molecule has 0 spiro atoms. The molecule has 2 heterocycles. The summed E-state index contributed by atoms with van der Waals surface area (Å²) >= 11 is 0. The molecule has 1 aliphatic heterocycles. The summed E-state index contributed by atoms with van der Waals surface area (Å²) in [4.78, 5) is 0. The zero-order valence-corrected chi connectivity index (χ0v) is 9.25. The summed E-state index contributed by atoms with van der Waals surface area (Å²) in [7, 11) is 0. The van der Waals surface area contributed by atoms with Crippen molar-refractivity contribution < 1.29 is 0 Å². The number of aromatic nitrogens is 2. The van der Waals surface area contributed by atoms with Crippen molar-refractivity contribution in [2.45, 2.75) is 45.2 Å². The van der Waals surface area contributed by atoms with Crippen LogP contribution in [0.2, 0.25) is 0 Å². The highest BCUT2D eigenvalue weighted by molar-refractivity contribution is 5.12. The minimum atomic E-state index is 0.0941. The van der Waals surface area contributed by atoms with Gasteiger partial charge in [-0.05, 0) is 40.2 Å². The van der Waals surface area contributed by atoms with E-state index in [1.165, 1.54) is 18.4 Å². The van der Waals surface area contributed by atoms with Crippen molar-refractivity contribution in [3.05, 3.63) is 18.0 Å². The molecule has 3 heteroatoms. The van der Waals surface area contributed by atoms with E-state index in [1.54, 1.807) is 0 Å². The van der Waals surface area contributed by atoms with Gasteiger partial charge in [-0.3, -0.25) is 4.68 Å². The first-order chi connectivity index (χ1) is 6.57. The van der Waals surface area contributed by atoms with Crippen LogP contribution in [0.25, 0.3) is 0 Å². The van der Waals surface area contributed by atoms with Gasteiger partial charge < -0.3 is 5.32 Å². The highest BCUT2D eigenvalue weighted by Crippen LogP contribution is 2.24. The van der Waals surface area contributed by atoms with Crippen LogP contribution >= 0.6 is 0 Å². The van der Waals surface area contributed by atoms with Crippen molar-refractivity contribution in [1.82, 2.24) is 15.1 Å². The molecule has 1 aliphatic rings. The second kappa shape index (κ2) is 3.39. The average molecular weight is 193 g/mol. The van der Waals surface area contributed by atoms with E-state index in [-0.39, 0.29) is 5.54 Å². The van der Waals surface area contributed by atoms with E-state index >= 15 is 0 Å². The third-order valence-electron chi connectivity index (χ3n) is 2.75. The molecule has 0 saturated carbocycles. The van der Waals surface area contributed by atoms with Gasteiger partial charge in [0.05, 0.1) is 11.7 Å². The van der Waals surface area contributed by atoms with E-state index in [1.807, 2.05) is 10.9 Å². The van der Waals surface area contributed by atoms with Gasteiger partial charge in [-0.25, -0.2) is 0 Å². The van der Waals surface area contributed by atoms with E-state index < -0.39 is 0 Å². The number of rotatable bonds is 1.